The molecule has 8 heteroatoms. The van der Waals surface area contributed by atoms with Crippen LogP contribution in [0, 0.1) is 6.92 Å². The maximum atomic E-state index is 13.0. The van der Waals surface area contributed by atoms with Gasteiger partial charge in [-0.3, -0.25) is 4.72 Å². The molecule has 2 N–H and O–H groups in total. The lowest BCUT2D eigenvalue weighted by Gasteiger charge is -2.20. The molecule has 0 amide bonds. The Bertz CT molecular complexity index is 1150. The second-order valence-electron chi connectivity index (χ2n) is 6.67. The number of sulfonamides is 1. The highest BCUT2D eigenvalue weighted by atomic mass is 79.9. The lowest BCUT2D eigenvalue weighted by Crippen LogP contribution is -2.16. The predicted molar refractivity (Wildman–Crippen MR) is 120 cm³/mol. The summed E-state index contributed by atoms with van der Waals surface area (Å²) in [7, 11) is -0.953. The van der Waals surface area contributed by atoms with Crippen LogP contribution in [0.2, 0.25) is 0 Å². The van der Waals surface area contributed by atoms with Crippen molar-refractivity contribution >= 4 is 31.6 Å². The van der Waals surface area contributed by atoms with Gasteiger partial charge in [0.2, 0.25) is 0 Å². The lowest BCUT2D eigenvalue weighted by molar-refractivity contribution is 0.220. The summed E-state index contributed by atoms with van der Waals surface area (Å²) in [4.78, 5) is 0.116. The van der Waals surface area contributed by atoms with Gasteiger partial charge in [-0.25, -0.2) is 8.42 Å². The molecule has 0 bridgehead atoms. The van der Waals surface area contributed by atoms with Crippen LogP contribution in [0.4, 0.5) is 5.69 Å². The molecule has 0 fully saturated rings. The second kappa shape index (κ2) is 9.07. The SMILES string of the molecule is COc1cc(NS(=O)(=O)c2ccc(C)cc2)c([C@H](O)c2cccc(Br)c2)cc1OC. The third-order valence-electron chi connectivity index (χ3n) is 4.59. The zero-order valence-electron chi connectivity index (χ0n) is 16.7. The molecule has 6 nitrogen and oxygen atoms in total. The number of halogens is 1. The van der Waals surface area contributed by atoms with Crippen molar-refractivity contribution in [3.8, 4) is 11.5 Å². The van der Waals surface area contributed by atoms with Crippen LogP contribution in [0.3, 0.4) is 0 Å². The zero-order valence-corrected chi connectivity index (χ0v) is 19.1. The minimum atomic E-state index is -3.89. The van der Waals surface area contributed by atoms with Crippen molar-refractivity contribution in [3.05, 3.63) is 81.8 Å². The summed E-state index contributed by atoms with van der Waals surface area (Å²) in [5, 5.41) is 11.0. The van der Waals surface area contributed by atoms with E-state index in [1.165, 1.54) is 32.4 Å². The van der Waals surface area contributed by atoms with E-state index in [0.29, 0.717) is 22.6 Å². The smallest absolute Gasteiger partial charge is 0.261 e. The average Bonchev–Trinajstić information content (AvgIpc) is 2.73. The first-order valence-electron chi connectivity index (χ1n) is 9.04. The molecule has 0 radical (unpaired) electrons. The average molecular weight is 492 g/mol. The molecule has 30 heavy (non-hydrogen) atoms. The van der Waals surface area contributed by atoms with E-state index in [0.717, 1.165) is 10.0 Å². The van der Waals surface area contributed by atoms with E-state index in [2.05, 4.69) is 20.7 Å². The Hall–Kier alpha value is -2.55. The number of ether oxygens (including phenoxy) is 2. The third kappa shape index (κ3) is 4.77. The Morgan fingerprint density at radius 3 is 2.20 bits per heavy atom. The van der Waals surface area contributed by atoms with Gasteiger partial charge in [0.05, 0.1) is 24.8 Å². The van der Waals surface area contributed by atoms with Gasteiger partial charge in [0.25, 0.3) is 10.0 Å². The summed E-state index contributed by atoms with van der Waals surface area (Å²) in [6.07, 6.45) is -1.10. The minimum absolute atomic E-state index is 0.116. The number of aliphatic hydroxyl groups excluding tert-OH is 1. The van der Waals surface area contributed by atoms with Gasteiger partial charge < -0.3 is 14.6 Å². The number of rotatable bonds is 7. The van der Waals surface area contributed by atoms with Crippen LogP contribution in [-0.4, -0.2) is 27.7 Å². The van der Waals surface area contributed by atoms with Gasteiger partial charge in [-0.05, 0) is 42.8 Å². The van der Waals surface area contributed by atoms with Gasteiger partial charge >= 0.3 is 0 Å². The normalized spacial score (nSPS) is 12.3. The summed E-state index contributed by atoms with van der Waals surface area (Å²) in [5.74, 6) is 0.712. The Morgan fingerprint density at radius 1 is 0.967 bits per heavy atom. The van der Waals surface area contributed by atoms with Gasteiger partial charge in [0, 0.05) is 16.1 Å². The van der Waals surface area contributed by atoms with Gasteiger partial charge in [-0.15, -0.1) is 0 Å². The summed E-state index contributed by atoms with van der Waals surface area (Å²) in [6, 6.07) is 16.7. The molecule has 0 saturated carbocycles. The first-order valence-corrected chi connectivity index (χ1v) is 11.3. The summed E-state index contributed by atoms with van der Waals surface area (Å²) < 4.78 is 40.0. The van der Waals surface area contributed by atoms with Gasteiger partial charge in [-0.1, -0.05) is 45.8 Å². The summed E-state index contributed by atoms with van der Waals surface area (Å²) >= 11 is 3.39. The molecule has 0 aliphatic heterocycles. The van der Waals surface area contributed by atoms with E-state index in [1.54, 1.807) is 36.4 Å². The van der Waals surface area contributed by atoms with E-state index in [4.69, 9.17) is 9.47 Å². The topological polar surface area (TPSA) is 84.9 Å². The van der Waals surface area contributed by atoms with Crippen molar-refractivity contribution < 1.29 is 23.0 Å². The zero-order chi connectivity index (χ0) is 21.9. The molecule has 0 aromatic heterocycles. The number of aryl methyl sites for hydroxylation is 1. The molecule has 0 aliphatic rings. The monoisotopic (exact) mass is 491 g/mol. The van der Waals surface area contributed by atoms with E-state index < -0.39 is 16.1 Å². The molecular weight excluding hydrogens is 470 g/mol. The molecule has 0 heterocycles. The van der Waals surface area contributed by atoms with Crippen LogP contribution in [0.5, 0.6) is 11.5 Å². The van der Waals surface area contributed by atoms with E-state index in [-0.39, 0.29) is 10.6 Å². The maximum absolute atomic E-state index is 13.0. The highest BCUT2D eigenvalue weighted by molar-refractivity contribution is 9.10. The molecule has 1 atom stereocenters. The van der Waals surface area contributed by atoms with Gasteiger partial charge in [-0.2, -0.15) is 0 Å². The van der Waals surface area contributed by atoms with Crippen molar-refractivity contribution in [1.29, 1.82) is 0 Å². The second-order valence-corrected chi connectivity index (χ2v) is 9.27. The number of benzene rings is 3. The van der Waals surface area contributed by atoms with E-state index in [1.807, 2.05) is 13.0 Å². The number of aliphatic hydroxyl groups is 1. The molecular formula is C22H22BrNO5S. The Labute approximate surface area is 184 Å². The van der Waals surface area contributed by atoms with Crippen molar-refractivity contribution in [1.82, 2.24) is 0 Å². The molecule has 0 spiro atoms. The van der Waals surface area contributed by atoms with Crippen molar-refractivity contribution in [3.63, 3.8) is 0 Å². The van der Waals surface area contributed by atoms with Crippen LogP contribution < -0.4 is 14.2 Å². The highest BCUT2D eigenvalue weighted by Crippen LogP contribution is 2.39. The van der Waals surface area contributed by atoms with Crippen LogP contribution in [-0.2, 0) is 10.0 Å². The Balaban J connectivity index is 2.11. The van der Waals surface area contributed by atoms with Crippen LogP contribution in [0.25, 0.3) is 0 Å². The van der Waals surface area contributed by atoms with Crippen LogP contribution >= 0.6 is 15.9 Å². The molecule has 158 valence electrons. The predicted octanol–water partition coefficient (Wildman–Crippen LogP) is 4.66. The molecule has 3 rings (SSSR count). The number of hydrogen-bond donors (Lipinski definition) is 2. The van der Waals surface area contributed by atoms with Crippen molar-refractivity contribution in [2.75, 3.05) is 18.9 Å². The quantitative estimate of drug-likeness (QED) is 0.502. The minimum Gasteiger partial charge on any atom is -0.493 e. The lowest BCUT2D eigenvalue weighted by atomic mass is 9.99. The van der Waals surface area contributed by atoms with Gasteiger partial charge in [0.15, 0.2) is 11.5 Å². The number of methoxy groups -OCH3 is 2. The first-order chi connectivity index (χ1) is 14.2. The van der Waals surface area contributed by atoms with Gasteiger partial charge in [0.1, 0.15) is 6.10 Å². The molecule has 0 aliphatic carbocycles. The fourth-order valence-electron chi connectivity index (χ4n) is 2.99. The Morgan fingerprint density at radius 2 is 1.60 bits per heavy atom. The fraction of sp³-hybridized carbons (Fsp3) is 0.182. The maximum Gasteiger partial charge on any atom is 0.261 e. The van der Waals surface area contributed by atoms with Crippen molar-refractivity contribution in [2.45, 2.75) is 17.9 Å². The number of anilines is 1. The molecule has 0 unspecified atom stereocenters. The standard InChI is InChI=1S/C22H22BrNO5S/c1-14-7-9-17(10-8-14)30(26,27)24-19-13-21(29-3)20(28-2)12-18(19)22(25)15-5-4-6-16(23)11-15/h4-13,22,24-25H,1-3H3/t22-/m1/s1. The third-order valence-corrected chi connectivity index (χ3v) is 6.46. The summed E-state index contributed by atoms with van der Waals surface area (Å²) in [6.45, 7) is 1.88. The van der Waals surface area contributed by atoms with Crippen molar-refractivity contribution in [2.24, 2.45) is 0 Å². The highest BCUT2D eigenvalue weighted by Gasteiger charge is 2.23. The van der Waals surface area contributed by atoms with Crippen LogP contribution in [0.1, 0.15) is 22.8 Å². The molecule has 3 aromatic rings. The van der Waals surface area contributed by atoms with Crippen LogP contribution in [0.15, 0.2) is 70.0 Å². The van der Waals surface area contributed by atoms with E-state index >= 15 is 0 Å². The number of hydrogen-bond acceptors (Lipinski definition) is 5. The molecule has 3 aromatic carbocycles. The Kier molecular flexibility index (Phi) is 6.70. The summed E-state index contributed by atoms with van der Waals surface area (Å²) in [5.41, 5.74) is 2.07. The molecule has 0 saturated heterocycles. The number of nitrogens with one attached hydrogen (secondary N) is 1. The first kappa shape index (κ1) is 22.1. The fourth-order valence-corrected chi connectivity index (χ4v) is 4.48. The largest absolute Gasteiger partial charge is 0.493 e. The van der Waals surface area contributed by atoms with E-state index in [9.17, 15) is 13.5 Å².